The minimum Gasteiger partial charge on any atom is -0.361 e. The highest BCUT2D eigenvalue weighted by atomic mass is 127. The molecule has 0 unspecified atom stereocenters. The lowest BCUT2D eigenvalue weighted by Crippen LogP contribution is -2.52. The standard InChI is InChI=1S/C19H25F2N5O.HI/c1-14-11-17(24-27-14)13-25-7-9-26(10-8-25)19(22-2)23-6-5-15-3-4-16(20)12-18(15)21;/h3-4,11-12H,5-10,13H2,1-2H3,(H,22,23);1H. The van der Waals surface area contributed by atoms with E-state index in [1.165, 1.54) is 12.1 Å². The fraction of sp³-hybridized carbons (Fsp3) is 0.474. The van der Waals surface area contributed by atoms with Crippen LogP contribution >= 0.6 is 24.0 Å². The van der Waals surface area contributed by atoms with Crippen molar-refractivity contribution in [1.29, 1.82) is 0 Å². The highest BCUT2D eigenvalue weighted by Gasteiger charge is 2.20. The smallest absolute Gasteiger partial charge is 0.193 e. The van der Waals surface area contributed by atoms with Gasteiger partial charge in [-0.2, -0.15) is 0 Å². The summed E-state index contributed by atoms with van der Waals surface area (Å²) in [6.45, 7) is 6.71. The van der Waals surface area contributed by atoms with Crippen molar-refractivity contribution in [3.05, 3.63) is 52.9 Å². The predicted molar refractivity (Wildman–Crippen MR) is 115 cm³/mol. The third kappa shape index (κ3) is 6.13. The average molecular weight is 505 g/mol. The van der Waals surface area contributed by atoms with Crippen molar-refractivity contribution in [2.45, 2.75) is 19.9 Å². The fourth-order valence-electron chi connectivity index (χ4n) is 3.21. The second-order valence-electron chi connectivity index (χ2n) is 6.65. The Labute approximate surface area is 181 Å². The number of nitrogens with zero attached hydrogens (tertiary/aromatic N) is 4. The van der Waals surface area contributed by atoms with Gasteiger partial charge in [0.1, 0.15) is 17.4 Å². The van der Waals surface area contributed by atoms with E-state index in [1.54, 1.807) is 7.05 Å². The van der Waals surface area contributed by atoms with Crippen molar-refractivity contribution in [2.24, 2.45) is 4.99 Å². The summed E-state index contributed by atoms with van der Waals surface area (Å²) in [5.41, 5.74) is 1.44. The number of aromatic nitrogens is 1. The van der Waals surface area contributed by atoms with E-state index in [2.05, 4.69) is 25.3 Å². The van der Waals surface area contributed by atoms with Gasteiger partial charge in [-0.05, 0) is 25.0 Å². The van der Waals surface area contributed by atoms with Crippen molar-refractivity contribution in [1.82, 2.24) is 20.3 Å². The Hall–Kier alpha value is -1.75. The number of hydrogen-bond acceptors (Lipinski definition) is 4. The molecule has 0 bridgehead atoms. The lowest BCUT2D eigenvalue weighted by Gasteiger charge is -2.36. The first-order valence-electron chi connectivity index (χ1n) is 9.09. The first-order valence-corrected chi connectivity index (χ1v) is 9.09. The van der Waals surface area contributed by atoms with E-state index in [0.29, 0.717) is 18.5 Å². The van der Waals surface area contributed by atoms with Gasteiger partial charge in [0.15, 0.2) is 5.96 Å². The van der Waals surface area contributed by atoms with Gasteiger partial charge in [0.05, 0.1) is 5.69 Å². The van der Waals surface area contributed by atoms with Crippen molar-refractivity contribution in [2.75, 3.05) is 39.8 Å². The number of halogens is 3. The maximum Gasteiger partial charge on any atom is 0.193 e. The molecule has 0 spiro atoms. The zero-order valence-corrected chi connectivity index (χ0v) is 18.5. The topological polar surface area (TPSA) is 56.9 Å². The van der Waals surface area contributed by atoms with Crippen LogP contribution in [0.25, 0.3) is 0 Å². The van der Waals surface area contributed by atoms with E-state index in [1.807, 2.05) is 13.0 Å². The summed E-state index contributed by atoms with van der Waals surface area (Å²) in [5, 5.41) is 7.31. The van der Waals surface area contributed by atoms with Gasteiger partial charge in [-0.15, -0.1) is 24.0 Å². The van der Waals surface area contributed by atoms with Gasteiger partial charge >= 0.3 is 0 Å². The van der Waals surface area contributed by atoms with Crippen LogP contribution in [0, 0.1) is 18.6 Å². The van der Waals surface area contributed by atoms with E-state index in [0.717, 1.165) is 56.2 Å². The Morgan fingerprint density at radius 1 is 1.21 bits per heavy atom. The lowest BCUT2D eigenvalue weighted by atomic mass is 10.1. The second kappa shape index (κ2) is 10.7. The minimum atomic E-state index is -0.557. The van der Waals surface area contributed by atoms with E-state index in [4.69, 9.17) is 4.52 Å². The molecule has 1 saturated heterocycles. The minimum absolute atomic E-state index is 0. The molecule has 1 aliphatic rings. The molecular formula is C19H26F2IN5O. The van der Waals surface area contributed by atoms with Gasteiger partial charge in [0, 0.05) is 58.4 Å². The molecule has 1 fully saturated rings. The average Bonchev–Trinajstić information content (AvgIpc) is 3.06. The third-order valence-corrected chi connectivity index (χ3v) is 4.64. The first kappa shape index (κ1) is 22.5. The third-order valence-electron chi connectivity index (χ3n) is 4.64. The van der Waals surface area contributed by atoms with Crippen LogP contribution in [0.15, 0.2) is 33.8 Å². The second-order valence-corrected chi connectivity index (χ2v) is 6.65. The summed E-state index contributed by atoms with van der Waals surface area (Å²) >= 11 is 0. The van der Waals surface area contributed by atoms with Crippen LogP contribution in [-0.4, -0.2) is 60.7 Å². The molecule has 1 aliphatic heterocycles. The van der Waals surface area contributed by atoms with Crippen LogP contribution in [0.2, 0.25) is 0 Å². The largest absolute Gasteiger partial charge is 0.361 e. The number of piperazine rings is 1. The number of guanidine groups is 1. The first-order chi connectivity index (χ1) is 13.0. The molecule has 3 rings (SSSR count). The summed E-state index contributed by atoms with van der Waals surface area (Å²) in [6, 6.07) is 5.64. The molecule has 154 valence electrons. The van der Waals surface area contributed by atoms with Crippen LogP contribution in [0.5, 0.6) is 0 Å². The Morgan fingerprint density at radius 2 is 1.96 bits per heavy atom. The molecule has 6 nitrogen and oxygen atoms in total. The summed E-state index contributed by atoms with van der Waals surface area (Å²) in [5.74, 6) is 0.558. The van der Waals surface area contributed by atoms with Crippen LogP contribution in [0.3, 0.4) is 0 Å². The molecule has 1 aromatic heterocycles. The van der Waals surface area contributed by atoms with E-state index < -0.39 is 11.6 Å². The van der Waals surface area contributed by atoms with Gasteiger partial charge in [-0.25, -0.2) is 8.78 Å². The summed E-state index contributed by atoms with van der Waals surface area (Å²) in [6.07, 6.45) is 0.469. The normalized spacial score (nSPS) is 15.4. The summed E-state index contributed by atoms with van der Waals surface area (Å²) in [4.78, 5) is 8.84. The molecule has 0 saturated carbocycles. The number of benzene rings is 1. The van der Waals surface area contributed by atoms with E-state index in [9.17, 15) is 8.78 Å². The van der Waals surface area contributed by atoms with Crippen LogP contribution < -0.4 is 5.32 Å². The van der Waals surface area contributed by atoms with Gasteiger partial charge in [-0.1, -0.05) is 11.2 Å². The highest BCUT2D eigenvalue weighted by Crippen LogP contribution is 2.11. The Morgan fingerprint density at radius 3 is 2.57 bits per heavy atom. The molecule has 0 radical (unpaired) electrons. The van der Waals surface area contributed by atoms with Crippen LogP contribution in [0.1, 0.15) is 17.0 Å². The maximum atomic E-state index is 13.7. The SMILES string of the molecule is CN=C(NCCc1ccc(F)cc1F)N1CCN(Cc2cc(C)on2)CC1.I. The number of nitrogens with one attached hydrogen (secondary N) is 1. The molecule has 1 aromatic carbocycles. The number of hydrogen-bond donors (Lipinski definition) is 1. The Kier molecular flexibility index (Phi) is 8.61. The van der Waals surface area contributed by atoms with Gasteiger partial charge in [-0.3, -0.25) is 9.89 Å². The molecule has 1 N–H and O–H groups in total. The fourth-order valence-corrected chi connectivity index (χ4v) is 3.21. The molecule has 28 heavy (non-hydrogen) atoms. The van der Waals surface area contributed by atoms with Crippen molar-refractivity contribution >= 4 is 29.9 Å². The maximum absolute atomic E-state index is 13.7. The van der Waals surface area contributed by atoms with Crippen molar-refractivity contribution in [3.8, 4) is 0 Å². The predicted octanol–water partition coefficient (Wildman–Crippen LogP) is 2.81. The Balaban J connectivity index is 0.00000280. The molecule has 0 aliphatic carbocycles. The van der Waals surface area contributed by atoms with Gasteiger partial charge in [0.2, 0.25) is 0 Å². The van der Waals surface area contributed by atoms with Gasteiger partial charge < -0.3 is 14.7 Å². The van der Waals surface area contributed by atoms with Crippen molar-refractivity contribution in [3.63, 3.8) is 0 Å². The zero-order valence-electron chi connectivity index (χ0n) is 16.1. The lowest BCUT2D eigenvalue weighted by molar-refractivity contribution is 0.169. The monoisotopic (exact) mass is 505 g/mol. The molecule has 9 heteroatoms. The number of rotatable bonds is 5. The molecule has 0 atom stereocenters. The molecule has 2 aromatic rings. The highest BCUT2D eigenvalue weighted by molar-refractivity contribution is 14.0. The molecule has 0 amide bonds. The van der Waals surface area contributed by atoms with Gasteiger partial charge in [0.25, 0.3) is 0 Å². The van der Waals surface area contributed by atoms with E-state index >= 15 is 0 Å². The van der Waals surface area contributed by atoms with Crippen LogP contribution in [-0.2, 0) is 13.0 Å². The number of aryl methyl sites for hydroxylation is 1. The Bertz CT molecular complexity index is 790. The van der Waals surface area contributed by atoms with E-state index in [-0.39, 0.29) is 24.0 Å². The molecular weight excluding hydrogens is 479 g/mol. The quantitative estimate of drug-likeness (QED) is 0.385. The summed E-state index contributed by atoms with van der Waals surface area (Å²) < 4.78 is 31.8. The zero-order chi connectivity index (χ0) is 19.2. The van der Waals surface area contributed by atoms with Crippen LogP contribution in [0.4, 0.5) is 8.78 Å². The molecule has 2 heterocycles. The summed E-state index contributed by atoms with van der Waals surface area (Å²) in [7, 11) is 1.74. The number of aliphatic imine (C=N–C) groups is 1. The van der Waals surface area contributed by atoms with Crippen molar-refractivity contribution < 1.29 is 13.3 Å².